The van der Waals surface area contributed by atoms with Crippen molar-refractivity contribution in [3.8, 4) is 0 Å². The number of likely N-dealkylation sites (tertiary alicyclic amines) is 1. The summed E-state index contributed by atoms with van der Waals surface area (Å²) < 4.78 is 37.7. The summed E-state index contributed by atoms with van der Waals surface area (Å²) >= 11 is 0. The second kappa shape index (κ2) is 5.61. The van der Waals surface area contributed by atoms with Gasteiger partial charge in [-0.1, -0.05) is 12.1 Å². The first-order valence-electron chi connectivity index (χ1n) is 7.61. The Morgan fingerprint density at radius 1 is 1.14 bits per heavy atom. The van der Waals surface area contributed by atoms with E-state index in [-0.39, 0.29) is 6.04 Å². The molecule has 3 rings (SSSR count). The van der Waals surface area contributed by atoms with Gasteiger partial charge < -0.3 is 5.32 Å². The predicted octanol–water partition coefficient (Wildman–Crippen LogP) is 3.59. The number of hydrogen-bond donors (Lipinski definition) is 1. The Labute approximate surface area is 123 Å². The van der Waals surface area contributed by atoms with Crippen LogP contribution in [0.2, 0.25) is 0 Å². The highest BCUT2D eigenvalue weighted by Crippen LogP contribution is 2.31. The Bertz CT molecular complexity index is 479. The number of halogens is 3. The molecule has 2 unspecified atom stereocenters. The molecule has 1 aliphatic carbocycles. The van der Waals surface area contributed by atoms with Crippen molar-refractivity contribution in [1.29, 1.82) is 0 Å². The summed E-state index contributed by atoms with van der Waals surface area (Å²) in [5, 5.41) is 3.54. The van der Waals surface area contributed by atoms with Crippen LogP contribution in [0.15, 0.2) is 24.3 Å². The third-order valence-electron chi connectivity index (χ3n) is 4.51. The molecule has 5 heteroatoms. The maximum atomic E-state index is 12.6. The fourth-order valence-corrected chi connectivity index (χ4v) is 3.11. The molecule has 0 bridgehead atoms. The number of alkyl halides is 3. The normalized spacial score (nSPS) is 25.2. The number of benzene rings is 1. The molecule has 1 aromatic rings. The van der Waals surface area contributed by atoms with Gasteiger partial charge >= 0.3 is 6.18 Å². The lowest BCUT2D eigenvalue weighted by molar-refractivity contribution is -0.137. The lowest BCUT2D eigenvalue weighted by Crippen LogP contribution is -2.35. The third kappa shape index (κ3) is 3.58. The summed E-state index contributed by atoms with van der Waals surface area (Å²) in [7, 11) is 0. The van der Waals surface area contributed by atoms with Crippen molar-refractivity contribution in [2.24, 2.45) is 0 Å². The Morgan fingerprint density at radius 2 is 1.81 bits per heavy atom. The molecule has 21 heavy (non-hydrogen) atoms. The van der Waals surface area contributed by atoms with E-state index in [1.54, 1.807) is 12.1 Å². The molecule has 1 heterocycles. The molecule has 0 aromatic heterocycles. The maximum Gasteiger partial charge on any atom is 0.416 e. The van der Waals surface area contributed by atoms with E-state index >= 15 is 0 Å². The summed E-state index contributed by atoms with van der Waals surface area (Å²) in [4.78, 5) is 2.52. The summed E-state index contributed by atoms with van der Waals surface area (Å²) in [6.45, 7) is 4.22. The van der Waals surface area contributed by atoms with Crippen molar-refractivity contribution >= 4 is 0 Å². The summed E-state index contributed by atoms with van der Waals surface area (Å²) in [6, 6.07) is 6.80. The molecule has 116 valence electrons. The molecule has 1 saturated heterocycles. The van der Waals surface area contributed by atoms with Gasteiger partial charge in [0.25, 0.3) is 0 Å². The highest BCUT2D eigenvalue weighted by atomic mass is 19.4. The minimum atomic E-state index is -4.26. The van der Waals surface area contributed by atoms with Gasteiger partial charge in [-0.05, 0) is 43.9 Å². The van der Waals surface area contributed by atoms with Gasteiger partial charge in [-0.25, -0.2) is 0 Å². The monoisotopic (exact) mass is 298 g/mol. The van der Waals surface area contributed by atoms with Crippen LogP contribution in [-0.2, 0) is 6.18 Å². The fraction of sp³-hybridized carbons (Fsp3) is 0.625. The minimum Gasteiger partial charge on any atom is -0.306 e. The van der Waals surface area contributed by atoms with Crippen molar-refractivity contribution in [2.45, 2.75) is 50.5 Å². The van der Waals surface area contributed by atoms with E-state index in [0.29, 0.717) is 6.04 Å². The smallest absolute Gasteiger partial charge is 0.306 e. The molecule has 1 saturated carbocycles. The topological polar surface area (TPSA) is 15.3 Å². The van der Waals surface area contributed by atoms with Crippen molar-refractivity contribution in [3.63, 3.8) is 0 Å². The molecule has 2 fully saturated rings. The molecular formula is C16H21F3N2. The average Bonchev–Trinajstić information content (AvgIpc) is 3.19. The largest absolute Gasteiger partial charge is 0.416 e. The van der Waals surface area contributed by atoms with E-state index in [0.717, 1.165) is 31.1 Å². The summed E-state index contributed by atoms with van der Waals surface area (Å²) in [6.07, 6.45) is -0.491. The zero-order valence-corrected chi connectivity index (χ0v) is 12.2. The van der Waals surface area contributed by atoms with Crippen LogP contribution in [0.4, 0.5) is 13.2 Å². The van der Waals surface area contributed by atoms with Crippen LogP contribution in [0, 0.1) is 0 Å². The van der Waals surface area contributed by atoms with Crippen LogP contribution in [0.3, 0.4) is 0 Å². The first-order valence-corrected chi connectivity index (χ1v) is 7.61. The van der Waals surface area contributed by atoms with Crippen LogP contribution in [0.5, 0.6) is 0 Å². The molecule has 2 atom stereocenters. The van der Waals surface area contributed by atoms with Gasteiger partial charge in [-0.15, -0.1) is 0 Å². The molecule has 1 aliphatic heterocycles. The van der Waals surface area contributed by atoms with Crippen LogP contribution in [0.25, 0.3) is 0 Å². The number of nitrogens with zero attached hydrogens (tertiary/aromatic N) is 1. The van der Waals surface area contributed by atoms with Crippen LogP contribution >= 0.6 is 0 Å². The Kier molecular flexibility index (Phi) is 3.97. The van der Waals surface area contributed by atoms with E-state index in [2.05, 4.69) is 10.2 Å². The Hall–Kier alpha value is -1.07. The molecule has 0 radical (unpaired) electrons. The van der Waals surface area contributed by atoms with Crippen molar-refractivity contribution in [3.05, 3.63) is 35.4 Å². The van der Waals surface area contributed by atoms with E-state index in [9.17, 15) is 13.2 Å². The Morgan fingerprint density at radius 3 is 2.38 bits per heavy atom. The van der Waals surface area contributed by atoms with Gasteiger partial charge in [0.1, 0.15) is 0 Å². The molecule has 2 aliphatic rings. The van der Waals surface area contributed by atoms with E-state index in [4.69, 9.17) is 0 Å². The summed E-state index contributed by atoms with van der Waals surface area (Å²) in [5.74, 6) is 0. The van der Waals surface area contributed by atoms with Crippen LogP contribution < -0.4 is 5.32 Å². The molecule has 0 amide bonds. The van der Waals surface area contributed by atoms with Crippen molar-refractivity contribution in [1.82, 2.24) is 10.2 Å². The molecule has 2 nitrogen and oxygen atoms in total. The van der Waals surface area contributed by atoms with E-state index in [1.165, 1.54) is 25.0 Å². The van der Waals surface area contributed by atoms with Crippen molar-refractivity contribution < 1.29 is 13.2 Å². The third-order valence-corrected chi connectivity index (χ3v) is 4.51. The van der Waals surface area contributed by atoms with Gasteiger partial charge in [0.05, 0.1) is 5.56 Å². The lowest BCUT2D eigenvalue weighted by atomic mass is 10.0. The molecule has 1 aromatic carbocycles. The average molecular weight is 298 g/mol. The lowest BCUT2D eigenvalue weighted by Gasteiger charge is -2.21. The zero-order chi connectivity index (χ0) is 15.0. The SMILES string of the molecule is CC(NC1CCN(C2CC2)C1)c1ccc(C(F)(F)F)cc1. The number of nitrogens with one attached hydrogen (secondary N) is 1. The van der Waals surface area contributed by atoms with Gasteiger partial charge in [-0.3, -0.25) is 4.90 Å². The summed E-state index contributed by atoms with van der Waals surface area (Å²) in [5.41, 5.74) is 0.326. The van der Waals surface area contributed by atoms with E-state index < -0.39 is 11.7 Å². The highest BCUT2D eigenvalue weighted by Gasteiger charge is 2.34. The highest BCUT2D eigenvalue weighted by molar-refractivity contribution is 5.26. The van der Waals surface area contributed by atoms with Gasteiger partial charge in [-0.2, -0.15) is 13.2 Å². The fourth-order valence-electron chi connectivity index (χ4n) is 3.11. The van der Waals surface area contributed by atoms with Crippen LogP contribution in [0.1, 0.15) is 43.4 Å². The molecular weight excluding hydrogens is 277 g/mol. The molecule has 0 spiro atoms. The van der Waals surface area contributed by atoms with Crippen molar-refractivity contribution in [2.75, 3.05) is 13.1 Å². The number of rotatable bonds is 4. The predicted molar refractivity (Wildman–Crippen MR) is 76.0 cm³/mol. The molecule has 1 N–H and O–H groups in total. The first kappa shape index (κ1) is 14.9. The first-order chi connectivity index (χ1) is 9.93. The van der Waals surface area contributed by atoms with E-state index in [1.807, 2.05) is 6.92 Å². The second-order valence-electron chi connectivity index (χ2n) is 6.22. The van der Waals surface area contributed by atoms with Gasteiger partial charge in [0.15, 0.2) is 0 Å². The second-order valence-corrected chi connectivity index (χ2v) is 6.22. The maximum absolute atomic E-state index is 12.6. The number of hydrogen-bond acceptors (Lipinski definition) is 2. The van der Waals surface area contributed by atoms with Crippen LogP contribution in [-0.4, -0.2) is 30.1 Å². The minimum absolute atomic E-state index is 0.0800. The standard InChI is InChI=1S/C16H21F3N2/c1-11(12-2-4-13(5-3-12)16(17,18)19)20-14-8-9-21(10-14)15-6-7-15/h2-5,11,14-15,20H,6-10H2,1H3. The van der Waals surface area contributed by atoms with Gasteiger partial charge in [0, 0.05) is 31.2 Å². The quantitative estimate of drug-likeness (QED) is 0.914. The zero-order valence-electron chi connectivity index (χ0n) is 12.2. The van der Waals surface area contributed by atoms with Gasteiger partial charge in [0.2, 0.25) is 0 Å². The Balaban J connectivity index is 1.56.